The maximum Gasteiger partial charge on any atom is 0.150 e. The number of nitrogens with zero attached hydrogens (tertiary/aromatic N) is 3. The minimum atomic E-state index is 0.661. The fourth-order valence-corrected chi connectivity index (χ4v) is 2.45. The zero-order valence-electron chi connectivity index (χ0n) is 8.32. The van der Waals surface area contributed by atoms with E-state index in [9.17, 15) is 0 Å². The molecule has 0 saturated carbocycles. The monoisotopic (exact) mass is 190 g/mol. The van der Waals surface area contributed by atoms with E-state index in [0.29, 0.717) is 5.92 Å². The SMILES string of the molecule is CNc1cc2c(nn1)C1CCN2CC1. The molecule has 1 aromatic rings. The highest BCUT2D eigenvalue weighted by Gasteiger charge is 2.32. The van der Waals surface area contributed by atoms with Crippen LogP contribution in [0.5, 0.6) is 0 Å². The standard InChI is InChI=1S/C10H14N4/c1-11-9-6-8-10(13-12-9)7-2-4-14(8)5-3-7/h6-7H,2-5H2,1H3,(H,11,12). The molecule has 0 unspecified atom stereocenters. The molecule has 0 amide bonds. The third kappa shape index (κ3) is 0.997. The summed E-state index contributed by atoms with van der Waals surface area (Å²) in [7, 11) is 1.88. The first kappa shape index (κ1) is 8.03. The molecule has 3 aliphatic rings. The van der Waals surface area contributed by atoms with Gasteiger partial charge in [-0.2, -0.15) is 5.10 Å². The van der Waals surface area contributed by atoms with Crippen LogP contribution in [0.4, 0.5) is 11.5 Å². The van der Waals surface area contributed by atoms with Gasteiger partial charge in [-0.05, 0) is 12.8 Å². The van der Waals surface area contributed by atoms with Gasteiger partial charge in [0, 0.05) is 32.1 Å². The summed E-state index contributed by atoms with van der Waals surface area (Å²) in [5, 5.41) is 11.5. The number of rotatable bonds is 1. The molecular formula is C10H14N4. The van der Waals surface area contributed by atoms with Gasteiger partial charge in [0.25, 0.3) is 0 Å². The highest BCUT2D eigenvalue weighted by atomic mass is 15.2. The average Bonchev–Trinajstić information content (AvgIpc) is 2.30. The van der Waals surface area contributed by atoms with E-state index in [4.69, 9.17) is 0 Å². The van der Waals surface area contributed by atoms with Gasteiger partial charge in [-0.25, -0.2) is 0 Å². The number of nitrogens with one attached hydrogen (secondary N) is 1. The molecule has 1 N–H and O–H groups in total. The van der Waals surface area contributed by atoms with Crippen molar-refractivity contribution in [1.82, 2.24) is 10.2 Å². The molecule has 4 nitrogen and oxygen atoms in total. The summed E-state index contributed by atoms with van der Waals surface area (Å²) in [5.41, 5.74) is 2.51. The van der Waals surface area contributed by atoms with Crippen LogP contribution in [0.2, 0.25) is 0 Å². The second kappa shape index (κ2) is 2.83. The molecule has 0 spiro atoms. The van der Waals surface area contributed by atoms with Crippen LogP contribution in [0.25, 0.3) is 0 Å². The fraction of sp³-hybridized carbons (Fsp3) is 0.600. The van der Waals surface area contributed by atoms with Crippen LogP contribution in [0.1, 0.15) is 24.5 Å². The molecule has 0 aliphatic carbocycles. The van der Waals surface area contributed by atoms with Crippen LogP contribution < -0.4 is 10.2 Å². The molecule has 1 fully saturated rings. The van der Waals surface area contributed by atoms with Crippen molar-refractivity contribution < 1.29 is 0 Å². The van der Waals surface area contributed by atoms with Crippen molar-refractivity contribution in [1.29, 1.82) is 0 Å². The maximum atomic E-state index is 4.32. The summed E-state index contributed by atoms with van der Waals surface area (Å²) in [6, 6.07) is 2.12. The Kier molecular flexibility index (Phi) is 1.63. The molecule has 74 valence electrons. The lowest BCUT2D eigenvalue weighted by atomic mass is 9.87. The van der Waals surface area contributed by atoms with Gasteiger partial charge in [0.1, 0.15) is 5.82 Å². The lowest BCUT2D eigenvalue weighted by Gasteiger charge is -2.40. The van der Waals surface area contributed by atoms with Crippen LogP contribution in [0.3, 0.4) is 0 Å². The first-order valence-corrected chi connectivity index (χ1v) is 5.19. The maximum absolute atomic E-state index is 4.32. The van der Waals surface area contributed by atoms with Crippen molar-refractivity contribution in [2.45, 2.75) is 18.8 Å². The van der Waals surface area contributed by atoms with E-state index in [2.05, 4.69) is 26.5 Å². The molecule has 0 aromatic carbocycles. The lowest BCUT2D eigenvalue weighted by Crippen LogP contribution is -2.39. The van der Waals surface area contributed by atoms with Gasteiger partial charge >= 0.3 is 0 Å². The van der Waals surface area contributed by atoms with Gasteiger partial charge in [-0.1, -0.05) is 0 Å². The number of hydrogen-bond acceptors (Lipinski definition) is 4. The Labute approximate surface area is 83.3 Å². The van der Waals surface area contributed by atoms with E-state index in [1.165, 1.54) is 37.3 Å². The minimum absolute atomic E-state index is 0.661. The zero-order chi connectivity index (χ0) is 9.54. The van der Waals surface area contributed by atoms with Gasteiger partial charge in [0.2, 0.25) is 0 Å². The molecular weight excluding hydrogens is 176 g/mol. The van der Waals surface area contributed by atoms with E-state index < -0.39 is 0 Å². The number of piperidine rings is 1. The van der Waals surface area contributed by atoms with Gasteiger partial charge in [0.15, 0.2) is 0 Å². The van der Waals surface area contributed by atoms with Crippen molar-refractivity contribution >= 4 is 11.5 Å². The molecule has 3 aliphatic heterocycles. The quantitative estimate of drug-likeness (QED) is 0.722. The lowest BCUT2D eigenvalue weighted by molar-refractivity contribution is 0.459. The minimum Gasteiger partial charge on any atom is -0.372 e. The number of aromatic nitrogens is 2. The molecule has 0 atom stereocenters. The Hall–Kier alpha value is -1.32. The predicted octanol–water partition coefficient (Wildman–Crippen LogP) is 1.22. The normalized spacial score (nSPS) is 19.6. The average molecular weight is 190 g/mol. The predicted molar refractivity (Wildman–Crippen MR) is 55.8 cm³/mol. The summed E-state index contributed by atoms with van der Waals surface area (Å²) in [6.07, 6.45) is 2.50. The Bertz CT molecular complexity index is 355. The van der Waals surface area contributed by atoms with E-state index >= 15 is 0 Å². The number of anilines is 2. The van der Waals surface area contributed by atoms with Gasteiger partial charge in [0.05, 0.1) is 11.4 Å². The van der Waals surface area contributed by atoms with E-state index in [1.807, 2.05) is 7.05 Å². The summed E-state index contributed by atoms with van der Waals surface area (Å²) in [4.78, 5) is 2.42. The van der Waals surface area contributed by atoms with Crippen molar-refractivity contribution in [2.24, 2.45) is 0 Å². The molecule has 1 saturated heterocycles. The summed E-state index contributed by atoms with van der Waals surface area (Å²) in [5.74, 6) is 1.53. The Morgan fingerprint density at radius 3 is 2.86 bits per heavy atom. The Morgan fingerprint density at radius 1 is 1.36 bits per heavy atom. The molecule has 14 heavy (non-hydrogen) atoms. The van der Waals surface area contributed by atoms with Crippen LogP contribution in [0, 0.1) is 0 Å². The first-order chi connectivity index (χ1) is 6.88. The molecule has 4 heteroatoms. The van der Waals surface area contributed by atoms with E-state index in [1.54, 1.807) is 0 Å². The van der Waals surface area contributed by atoms with Crippen LogP contribution >= 0.6 is 0 Å². The third-order valence-corrected chi connectivity index (χ3v) is 3.28. The Balaban J connectivity index is 2.11. The molecule has 4 heterocycles. The van der Waals surface area contributed by atoms with E-state index in [-0.39, 0.29) is 0 Å². The summed E-state index contributed by atoms with van der Waals surface area (Å²) < 4.78 is 0. The molecule has 4 rings (SSSR count). The second-order valence-electron chi connectivity index (χ2n) is 4.01. The Morgan fingerprint density at radius 2 is 2.14 bits per heavy atom. The number of fused-ring (bicyclic) bond motifs is 2. The fourth-order valence-electron chi connectivity index (χ4n) is 2.45. The highest BCUT2D eigenvalue weighted by Crippen LogP contribution is 2.40. The largest absolute Gasteiger partial charge is 0.372 e. The van der Waals surface area contributed by atoms with Gasteiger partial charge in [-0.3, -0.25) is 0 Å². The van der Waals surface area contributed by atoms with Crippen molar-refractivity contribution in [3.05, 3.63) is 11.8 Å². The van der Waals surface area contributed by atoms with Crippen LogP contribution in [-0.2, 0) is 0 Å². The first-order valence-electron chi connectivity index (χ1n) is 5.19. The van der Waals surface area contributed by atoms with Crippen molar-refractivity contribution in [2.75, 3.05) is 30.4 Å². The highest BCUT2D eigenvalue weighted by molar-refractivity contribution is 5.60. The van der Waals surface area contributed by atoms with Crippen LogP contribution in [0.15, 0.2) is 6.07 Å². The van der Waals surface area contributed by atoms with Crippen LogP contribution in [-0.4, -0.2) is 30.3 Å². The van der Waals surface area contributed by atoms with Gasteiger partial charge in [-0.15, -0.1) is 5.10 Å². The number of hydrogen-bond donors (Lipinski definition) is 1. The smallest absolute Gasteiger partial charge is 0.150 e. The van der Waals surface area contributed by atoms with E-state index in [0.717, 1.165) is 5.82 Å². The molecule has 1 aromatic heterocycles. The van der Waals surface area contributed by atoms with Gasteiger partial charge < -0.3 is 10.2 Å². The second-order valence-corrected chi connectivity index (χ2v) is 4.01. The van der Waals surface area contributed by atoms with Crippen molar-refractivity contribution in [3.8, 4) is 0 Å². The summed E-state index contributed by atoms with van der Waals surface area (Å²) >= 11 is 0. The summed E-state index contributed by atoms with van der Waals surface area (Å²) in [6.45, 7) is 2.37. The third-order valence-electron chi connectivity index (χ3n) is 3.28. The zero-order valence-corrected chi connectivity index (χ0v) is 8.32. The van der Waals surface area contributed by atoms with Crippen molar-refractivity contribution in [3.63, 3.8) is 0 Å². The molecule has 2 bridgehead atoms. The molecule has 0 radical (unpaired) electrons. The topological polar surface area (TPSA) is 41.1 Å².